The van der Waals surface area contributed by atoms with Crippen molar-refractivity contribution in [3.8, 4) is 11.5 Å². The van der Waals surface area contributed by atoms with Crippen LogP contribution in [0, 0.1) is 11.6 Å². The molecule has 2 aromatic rings. The fourth-order valence-electron chi connectivity index (χ4n) is 1.60. The van der Waals surface area contributed by atoms with E-state index in [9.17, 15) is 8.78 Å². The minimum atomic E-state index is -0.676. The average Bonchev–Trinajstić information content (AvgIpc) is 2.78. The molecule has 0 aliphatic rings. The lowest BCUT2D eigenvalue weighted by Gasteiger charge is -1.99. The normalized spacial score (nSPS) is 10.8. The fourth-order valence-corrected chi connectivity index (χ4v) is 1.60. The summed E-state index contributed by atoms with van der Waals surface area (Å²) in [5.41, 5.74) is 0.403. The molecule has 0 aliphatic carbocycles. The third-order valence-corrected chi connectivity index (χ3v) is 2.46. The first kappa shape index (κ1) is 12.7. The molecule has 0 spiro atoms. The number of hydrogen-bond donors (Lipinski definition) is 1. The SMILES string of the molecule is CCCNCc1coc(-c2c(F)cccc2F)n1. The van der Waals surface area contributed by atoms with E-state index < -0.39 is 11.6 Å². The summed E-state index contributed by atoms with van der Waals surface area (Å²) in [6.07, 6.45) is 2.41. The van der Waals surface area contributed by atoms with Gasteiger partial charge in [-0.3, -0.25) is 0 Å². The van der Waals surface area contributed by atoms with E-state index in [1.54, 1.807) is 0 Å². The maximum Gasteiger partial charge on any atom is 0.232 e. The second-order valence-corrected chi connectivity index (χ2v) is 3.92. The Morgan fingerprint density at radius 3 is 2.67 bits per heavy atom. The van der Waals surface area contributed by atoms with Crippen molar-refractivity contribution >= 4 is 0 Å². The number of aromatic nitrogens is 1. The molecule has 0 bridgehead atoms. The molecule has 3 nitrogen and oxygen atoms in total. The second-order valence-electron chi connectivity index (χ2n) is 3.92. The van der Waals surface area contributed by atoms with Crippen LogP contribution < -0.4 is 5.32 Å². The average molecular weight is 252 g/mol. The summed E-state index contributed by atoms with van der Waals surface area (Å²) in [5, 5.41) is 3.14. The van der Waals surface area contributed by atoms with Crippen LogP contribution in [-0.4, -0.2) is 11.5 Å². The molecule has 0 atom stereocenters. The van der Waals surface area contributed by atoms with E-state index in [4.69, 9.17) is 4.42 Å². The molecule has 1 heterocycles. The van der Waals surface area contributed by atoms with Crippen molar-refractivity contribution in [2.75, 3.05) is 6.54 Å². The van der Waals surface area contributed by atoms with E-state index in [2.05, 4.69) is 17.2 Å². The zero-order valence-electron chi connectivity index (χ0n) is 10.0. The molecule has 0 saturated heterocycles. The maximum atomic E-state index is 13.5. The fraction of sp³-hybridized carbons (Fsp3) is 0.308. The van der Waals surface area contributed by atoms with Gasteiger partial charge in [0.25, 0.3) is 0 Å². The summed E-state index contributed by atoms with van der Waals surface area (Å²) >= 11 is 0. The highest BCUT2D eigenvalue weighted by Gasteiger charge is 2.16. The van der Waals surface area contributed by atoms with Gasteiger partial charge in [0.05, 0.1) is 5.69 Å². The van der Waals surface area contributed by atoms with Gasteiger partial charge >= 0.3 is 0 Å². The van der Waals surface area contributed by atoms with Crippen molar-refractivity contribution in [3.63, 3.8) is 0 Å². The number of oxazole rings is 1. The summed E-state index contributed by atoms with van der Waals surface area (Å²) in [6, 6.07) is 3.66. The van der Waals surface area contributed by atoms with Crippen LogP contribution in [0.5, 0.6) is 0 Å². The molecular weight excluding hydrogens is 238 g/mol. The van der Waals surface area contributed by atoms with Crippen molar-refractivity contribution in [2.24, 2.45) is 0 Å². The zero-order valence-corrected chi connectivity index (χ0v) is 10.0. The van der Waals surface area contributed by atoms with Gasteiger partial charge in [0.1, 0.15) is 23.5 Å². The van der Waals surface area contributed by atoms with Crippen molar-refractivity contribution in [3.05, 3.63) is 41.8 Å². The first-order chi connectivity index (χ1) is 8.72. The lowest BCUT2D eigenvalue weighted by molar-refractivity contribution is 0.540. The Labute approximate surface area is 104 Å². The standard InChI is InChI=1S/C13H14F2N2O/c1-2-6-16-7-9-8-18-13(17-9)12-10(14)4-3-5-11(12)15/h3-5,8,16H,2,6-7H2,1H3. The topological polar surface area (TPSA) is 38.1 Å². The molecular formula is C13H14F2N2O. The Hall–Kier alpha value is -1.75. The van der Waals surface area contributed by atoms with E-state index in [0.717, 1.165) is 13.0 Å². The van der Waals surface area contributed by atoms with Gasteiger partial charge < -0.3 is 9.73 Å². The summed E-state index contributed by atoms with van der Waals surface area (Å²) in [4.78, 5) is 4.06. The van der Waals surface area contributed by atoms with Crippen molar-refractivity contribution < 1.29 is 13.2 Å². The summed E-state index contributed by atoms with van der Waals surface area (Å²) in [5.74, 6) is -1.38. The Morgan fingerprint density at radius 2 is 2.00 bits per heavy atom. The van der Waals surface area contributed by atoms with Crippen LogP contribution in [0.4, 0.5) is 8.78 Å². The highest BCUT2D eigenvalue weighted by Crippen LogP contribution is 2.25. The number of hydrogen-bond acceptors (Lipinski definition) is 3. The van der Waals surface area contributed by atoms with Gasteiger partial charge in [-0.05, 0) is 25.1 Å². The molecule has 5 heteroatoms. The highest BCUT2D eigenvalue weighted by molar-refractivity contribution is 5.55. The predicted molar refractivity (Wildman–Crippen MR) is 63.9 cm³/mol. The lowest BCUT2D eigenvalue weighted by Crippen LogP contribution is -2.13. The quantitative estimate of drug-likeness (QED) is 0.831. The van der Waals surface area contributed by atoms with Crippen molar-refractivity contribution in [2.45, 2.75) is 19.9 Å². The van der Waals surface area contributed by atoms with Gasteiger partial charge in [0.2, 0.25) is 5.89 Å². The van der Waals surface area contributed by atoms with Crippen LogP contribution in [0.25, 0.3) is 11.5 Å². The van der Waals surface area contributed by atoms with Gasteiger partial charge in [-0.2, -0.15) is 0 Å². The van der Waals surface area contributed by atoms with E-state index in [1.807, 2.05) is 0 Å². The van der Waals surface area contributed by atoms with Gasteiger partial charge in [-0.15, -0.1) is 0 Å². The smallest absolute Gasteiger partial charge is 0.232 e. The highest BCUT2D eigenvalue weighted by atomic mass is 19.1. The van der Waals surface area contributed by atoms with Gasteiger partial charge in [-0.1, -0.05) is 13.0 Å². The van der Waals surface area contributed by atoms with Crippen LogP contribution in [-0.2, 0) is 6.54 Å². The number of nitrogens with one attached hydrogen (secondary N) is 1. The molecule has 2 rings (SSSR count). The minimum absolute atomic E-state index is 0.0288. The third kappa shape index (κ3) is 2.73. The van der Waals surface area contributed by atoms with Gasteiger partial charge in [0.15, 0.2) is 0 Å². The Morgan fingerprint density at radius 1 is 1.28 bits per heavy atom. The van der Waals surface area contributed by atoms with Crippen molar-refractivity contribution in [1.29, 1.82) is 0 Å². The lowest BCUT2D eigenvalue weighted by atomic mass is 10.2. The monoisotopic (exact) mass is 252 g/mol. The predicted octanol–water partition coefficient (Wildman–Crippen LogP) is 3.12. The molecule has 1 aromatic heterocycles. The Kier molecular flexibility index (Phi) is 4.04. The van der Waals surface area contributed by atoms with Gasteiger partial charge in [-0.25, -0.2) is 13.8 Å². The second kappa shape index (κ2) is 5.73. The van der Waals surface area contributed by atoms with E-state index in [-0.39, 0.29) is 11.5 Å². The number of benzene rings is 1. The molecule has 1 aromatic carbocycles. The third-order valence-electron chi connectivity index (χ3n) is 2.46. The van der Waals surface area contributed by atoms with Crippen LogP contribution in [0.1, 0.15) is 19.0 Å². The van der Waals surface area contributed by atoms with Crippen LogP contribution in [0.15, 0.2) is 28.9 Å². The summed E-state index contributed by atoms with van der Waals surface area (Å²) < 4.78 is 32.1. The number of rotatable bonds is 5. The van der Waals surface area contributed by atoms with Crippen LogP contribution >= 0.6 is 0 Å². The number of nitrogens with zero attached hydrogens (tertiary/aromatic N) is 1. The molecule has 0 fully saturated rings. The minimum Gasteiger partial charge on any atom is -0.444 e. The van der Waals surface area contributed by atoms with E-state index in [0.29, 0.717) is 12.2 Å². The molecule has 1 N–H and O–H groups in total. The molecule has 96 valence electrons. The molecule has 0 radical (unpaired) electrons. The molecule has 0 amide bonds. The molecule has 0 saturated carbocycles. The van der Waals surface area contributed by atoms with Crippen molar-refractivity contribution in [1.82, 2.24) is 10.3 Å². The molecule has 0 unspecified atom stereocenters. The van der Waals surface area contributed by atoms with Crippen LogP contribution in [0.2, 0.25) is 0 Å². The first-order valence-corrected chi connectivity index (χ1v) is 5.82. The zero-order chi connectivity index (χ0) is 13.0. The summed E-state index contributed by atoms with van der Waals surface area (Å²) in [7, 11) is 0. The Balaban J connectivity index is 2.19. The first-order valence-electron chi connectivity index (χ1n) is 5.82. The molecule has 18 heavy (non-hydrogen) atoms. The molecule has 0 aliphatic heterocycles. The van der Waals surface area contributed by atoms with Crippen LogP contribution in [0.3, 0.4) is 0 Å². The largest absolute Gasteiger partial charge is 0.444 e. The van der Waals surface area contributed by atoms with Gasteiger partial charge in [0, 0.05) is 6.54 Å². The Bertz CT molecular complexity index is 505. The van der Waals surface area contributed by atoms with E-state index in [1.165, 1.54) is 24.5 Å². The summed E-state index contributed by atoms with van der Waals surface area (Å²) in [6.45, 7) is 3.43. The number of halogens is 2. The maximum absolute atomic E-state index is 13.5. The van der Waals surface area contributed by atoms with E-state index >= 15 is 0 Å².